The van der Waals surface area contributed by atoms with Crippen LogP contribution in [-0.4, -0.2) is 7.11 Å². The Balaban J connectivity index is 2.48. The summed E-state index contributed by atoms with van der Waals surface area (Å²) < 4.78 is 6.15. The Morgan fingerprint density at radius 1 is 0.957 bits per heavy atom. The maximum atomic E-state index is 6.15. The number of methoxy groups -OCH3 is 1. The summed E-state index contributed by atoms with van der Waals surface area (Å²) in [5.41, 5.74) is 10.3. The van der Waals surface area contributed by atoms with Crippen LogP contribution in [0.4, 0.5) is 0 Å². The van der Waals surface area contributed by atoms with Crippen LogP contribution < -0.4 is 0 Å². The second kappa shape index (κ2) is 5.65. The highest BCUT2D eigenvalue weighted by Gasteiger charge is 2.36. The predicted molar refractivity (Wildman–Crippen MR) is 98.9 cm³/mol. The van der Waals surface area contributed by atoms with E-state index in [9.17, 15) is 0 Å². The summed E-state index contributed by atoms with van der Waals surface area (Å²) in [7, 11) is 1.83. The molecule has 0 spiro atoms. The minimum Gasteiger partial charge on any atom is -0.369 e. The molecule has 1 aliphatic rings. The first-order valence-corrected chi connectivity index (χ1v) is 8.41. The van der Waals surface area contributed by atoms with Crippen LogP contribution in [0.2, 0.25) is 0 Å². The van der Waals surface area contributed by atoms with Crippen molar-refractivity contribution < 1.29 is 4.74 Å². The molecule has 1 heteroatoms. The van der Waals surface area contributed by atoms with Crippen LogP contribution in [-0.2, 0) is 16.8 Å². The van der Waals surface area contributed by atoms with E-state index in [-0.39, 0.29) is 0 Å². The number of rotatable bonds is 2. The molecule has 1 atom stereocenters. The lowest BCUT2D eigenvalue weighted by Gasteiger charge is -2.34. The maximum absolute atomic E-state index is 6.15. The molecule has 2 aromatic rings. The third kappa shape index (κ3) is 2.18. The largest absolute Gasteiger partial charge is 0.369 e. The molecule has 0 bridgehead atoms. The Hall–Kier alpha value is -1.86. The Bertz CT molecular complexity index is 798. The molecular formula is C22H26O. The average molecular weight is 306 g/mol. The van der Waals surface area contributed by atoms with E-state index < -0.39 is 5.60 Å². The highest BCUT2D eigenvalue weighted by atomic mass is 16.5. The van der Waals surface area contributed by atoms with Gasteiger partial charge in [0.2, 0.25) is 0 Å². The van der Waals surface area contributed by atoms with Gasteiger partial charge in [-0.2, -0.15) is 0 Å². The summed E-state index contributed by atoms with van der Waals surface area (Å²) >= 11 is 0. The van der Waals surface area contributed by atoms with E-state index >= 15 is 0 Å². The molecular weight excluding hydrogens is 280 g/mol. The molecule has 1 nitrogen and oxygen atoms in total. The molecule has 0 amide bonds. The third-order valence-electron chi connectivity index (χ3n) is 5.69. The van der Waals surface area contributed by atoms with Crippen molar-refractivity contribution in [2.45, 2.75) is 46.6 Å². The molecule has 3 rings (SSSR count). The first-order chi connectivity index (χ1) is 11.0. The summed E-state index contributed by atoms with van der Waals surface area (Å²) in [6.07, 6.45) is 5.57. The zero-order valence-corrected chi connectivity index (χ0v) is 15.1. The standard InChI is InChI=1S/C22H26O/c1-7-18-15(3)14(2)16(4)21-19(18)13-12-17-10-8-9-11-20(17)22(21,5)23-6/h8-13H,7H2,1-6H3. The lowest BCUT2D eigenvalue weighted by atomic mass is 9.77. The van der Waals surface area contributed by atoms with Gasteiger partial charge in [-0.15, -0.1) is 0 Å². The molecule has 0 aromatic heterocycles. The molecule has 23 heavy (non-hydrogen) atoms. The quantitative estimate of drug-likeness (QED) is 0.705. The second-order valence-electron chi connectivity index (χ2n) is 6.65. The van der Waals surface area contributed by atoms with Crippen molar-refractivity contribution >= 4 is 12.2 Å². The molecule has 0 N–H and O–H groups in total. The molecule has 2 aromatic carbocycles. The Labute approximate surface area is 140 Å². The Kier molecular flexibility index (Phi) is 3.93. The van der Waals surface area contributed by atoms with Crippen molar-refractivity contribution in [3.63, 3.8) is 0 Å². The fourth-order valence-electron chi connectivity index (χ4n) is 4.10. The minimum absolute atomic E-state index is 0.429. The van der Waals surface area contributed by atoms with Crippen molar-refractivity contribution in [3.05, 3.63) is 68.8 Å². The van der Waals surface area contributed by atoms with Gasteiger partial charge in [0.15, 0.2) is 0 Å². The molecule has 0 heterocycles. The number of benzene rings is 2. The lowest BCUT2D eigenvalue weighted by molar-refractivity contribution is 0.0383. The first-order valence-electron chi connectivity index (χ1n) is 8.41. The van der Waals surface area contributed by atoms with Crippen LogP contribution in [0.1, 0.15) is 58.4 Å². The van der Waals surface area contributed by atoms with Crippen molar-refractivity contribution in [1.29, 1.82) is 0 Å². The molecule has 120 valence electrons. The molecule has 0 aliphatic heterocycles. The third-order valence-corrected chi connectivity index (χ3v) is 5.69. The fraction of sp³-hybridized carbons (Fsp3) is 0.364. The highest BCUT2D eigenvalue weighted by Crippen LogP contribution is 2.44. The SMILES string of the molecule is CCc1c(C)c(C)c(C)c2c1C=Cc1ccccc1C2(C)OC. The van der Waals surface area contributed by atoms with E-state index in [1.54, 1.807) is 0 Å². The fourth-order valence-corrected chi connectivity index (χ4v) is 4.10. The van der Waals surface area contributed by atoms with Gasteiger partial charge in [0.1, 0.15) is 5.60 Å². The second-order valence-corrected chi connectivity index (χ2v) is 6.65. The molecule has 0 saturated heterocycles. The molecule has 0 saturated carbocycles. The van der Waals surface area contributed by atoms with Crippen LogP contribution in [0.5, 0.6) is 0 Å². The number of hydrogen-bond donors (Lipinski definition) is 0. The van der Waals surface area contributed by atoms with Crippen LogP contribution in [0.3, 0.4) is 0 Å². The van der Waals surface area contributed by atoms with Crippen LogP contribution >= 0.6 is 0 Å². The van der Waals surface area contributed by atoms with Gasteiger partial charge in [-0.25, -0.2) is 0 Å². The van der Waals surface area contributed by atoms with E-state index in [1.165, 1.54) is 44.5 Å². The van der Waals surface area contributed by atoms with E-state index in [4.69, 9.17) is 4.74 Å². The van der Waals surface area contributed by atoms with Gasteiger partial charge in [-0.3, -0.25) is 0 Å². The van der Waals surface area contributed by atoms with Gasteiger partial charge in [-0.05, 0) is 78.6 Å². The van der Waals surface area contributed by atoms with Gasteiger partial charge in [-0.1, -0.05) is 43.3 Å². The van der Waals surface area contributed by atoms with Gasteiger partial charge in [0.25, 0.3) is 0 Å². The van der Waals surface area contributed by atoms with Gasteiger partial charge < -0.3 is 4.74 Å². The van der Waals surface area contributed by atoms with Crippen LogP contribution in [0.25, 0.3) is 12.2 Å². The van der Waals surface area contributed by atoms with Crippen LogP contribution in [0, 0.1) is 20.8 Å². The smallest absolute Gasteiger partial charge is 0.116 e. The van der Waals surface area contributed by atoms with Gasteiger partial charge in [0.05, 0.1) is 0 Å². The predicted octanol–water partition coefficient (Wildman–Crippen LogP) is 5.57. The zero-order valence-electron chi connectivity index (χ0n) is 15.1. The minimum atomic E-state index is -0.429. The first kappa shape index (κ1) is 16.0. The van der Waals surface area contributed by atoms with E-state index in [0.29, 0.717) is 0 Å². The van der Waals surface area contributed by atoms with Crippen molar-refractivity contribution in [2.75, 3.05) is 7.11 Å². The van der Waals surface area contributed by atoms with Crippen molar-refractivity contribution in [1.82, 2.24) is 0 Å². The topological polar surface area (TPSA) is 9.23 Å². The average Bonchev–Trinajstić information content (AvgIpc) is 2.69. The normalized spacial score (nSPS) is 19.2. The number of hydrogen-bond acceptors (Lipinski definition) is 1. The summed E-state index contributed by atoms with van der Waals surface area (Å²) in [6.45, 7) is 11.2. The summed E-state index contributed by atoms with van der Waals surface area (Å²) in [5, 5.41) is 0. The molecule has 0 radical (unpaired) electrons. The van der Waals surface area contributed by atoms with Crippen molar-refractivity contribution in [3.8, 4) is 0 Å². The van der Waals surface area contributed by atoms with Crippen LogP contribution in [0.15, 0.2) is 24.3 Å². The highest BCUT2D eigenvalue weighted by molar-refractivity contribution is 5.80. The maximum Gasteiger partial charge on any atom is 0.116 e. The molecule has 0 fully saturated rings. The van der Waals surface area contributed by atoms with E-state index in [2.05, 4.69) is 71.0 Å². The monoisotopic (exact) mass is 306 g/mol. The van der Waals surface area contributed by atoms with Crippen molar-refractivity contribution in [2.24, 2.45) is 0 Å². The number of fused-ring (bicyclic) bond motifs is 2. The van der Waals surface area contributed by atoms with Gasteiger partial charge in [0, 0.05) is 7.11 Å². The molecule has 1 aliphatic carbocycles. The summed E-state index contributed by atoms with van der Waals surface area (Å²) in [6, 6.07) is 8.57. The zero-order chi connectivity index (χ0) is 16.8. The van der Waals surface area contributed by atoms with E-state index in [0.717, 1.165) is 6.42 Å². The summed E-state index contributed by atoms with van der Waals surface area (Å²) in [5.74, 6) is 0. The van der Waals surface area contributed by atoms with Gasteiger partial charge >= 0.3 is 0 Å². The lowest BCUT2D eigenvalue weighted by Crippen LogP contribution is -2.29. The number of ether oxygens (including phenoxy) is 1. The van der Waals surface area contributed by atoms with E-state index in [1.807, 2.05) is 7.11 Å². The summed E-state index contributed by atoms with van der Waals surface area (Å²) in [4.78, 5) is 0. The molecule has 1 unspecified atom stereocenters. The Morgan fingerprint density at radius 3 is 2.30 bits per heavy atom. The Morgan fingerprint density at radius 2 is 1.65 bits per heavy atom.